The summed E-state index contributed by atoms with van der Waals surface area (Å²) in [5.41, 5.74) is -2.77. The number of carboxylic acids is 1. The summed E-state index contributed by atoms with van der Waals surface area (Å²) >= 11 is 0. The lowest BCUT2D eigenvalue weighted by Crippen LogP contribution is -2.50. The summed E-state index contributed by atoms with van der Waals surface area (Å²) in [5, 5.41) is 18.7. The molecule has 0 aromatic carbocycles. The minimum Gasteiger partial charge on any atom is -0.480 e. The van der Waals surface area contributed by atoms with Gasteiger partial charge in [0.25, 0.3) is 0 Å². The molecule has 0 aromatic heterocycles. The number of rotatable bonds is 3. The maximum absolute atomic E-state index is 11.7. The number of aliphatic hydroxyl groups is 1. The van der Waals surface area contributed by atoms with Crippen LogP contribution in [0.15, 0.2) is 0 Å². The molecule has 5 heteroatoms. The van der Waals surface area contributed by atoms with Gasteiger partial charge >= 0.3 is 5.97 Å². The van der Waals surface area contributed by atoms with Crippen molar-refractivity contribution in [1.82, 2.24) is 0 Å². The van der Waals surface area contributed by atoms with Crippen molar-refractivity contribution in [3.63, 3.8) is 0 Å². The van der Waals surface area contributed by atoms with Crippen LogP contribution in [0.2, 0.25) is 0 Å². The van der Waals surface area contributed by atoms with Crippen LogP contribution in [-0.4, -0.2) is 40.8 Å². The molecular formula is C10H16O5. The molecule has 0 saturated carbocycles. The van der Waals surface area contributed by atoms with Gasteiger partial charge in [-0.2, -0.15) is 0 Å². The molecule has 1 aliphatic heterocycles. The number of carboxylic acid groups (broad SMARTS) is 1. The van der Waals surface area contributed by atoms with Gasteiger partial charge in [-0.05, 0) is 13.8 Å². The highest BCUT2D eigenvalue weighted by atomic mass is 16.5. The van der Waals surface area contributed by atoms with Gasteiger partial charge in [0.2, 0.25) is 0 Å². The first-order chi connectivity index (χ1) is 6.78. The van der Waals surface area contributed by atoms with Crippen LogP contribution in [0.1, 0.15) is 26.7 Å². The summed E-state index contributed by atoms with van der Waals surface area (Å²) < 4.78 is 5.05. The maximum atomic E-state index is 11.7. The highest BCUT2D eigenvalue weighted by molar-refractivity contribution is 6.03. The second-order valence-electron chi connectivity index (χ2n) is 4.60. The van der Waals surface area contributed by atoms with Crippen LogP contribution in [0.5, 0.6) is 0 Å². The third-order valence-corrected chi connectivity index (χ3v) is 2.50. The second-order valence-corrected chi connectivity index (χ2v) is 4.60. The van der Waals surface area contributed by atoms with Gasteiger partial charge in [0.15, 0.2) is 11.2 Å². The van der Waals surface area contributed by atoms with Crippen molar-refractivity contribution < 1.29 is 24.5 Å². The lowest BCUT2D eigenvalue weighted by atomic mass is 9.73. The molecule has 1 rings (SSSR count). The van der Waals surface area contributed by atoms with E-state index in [-0.39, 0.29) is 31.8 Å². The van der Waals surface area contributed by atoms with Crippen molar-refractivity contribution in [2.24, 2.45) is 5.41 Å². The van der Waals surface area contributed by atoms with Gasteiger partial charge in [-0.1, -0.05) is 0 Å². The van der Waals surface area contributed by atoms with Crippen LogP contribution in [0.4, 0.5) is 0 Å². The average molecular weight is 216 g/mol. The normalized spacial score (nSPS) is 27.8. The van der Waals surface area contributed by atoms with E-state index >= 15 is 0 Å². The molecule has 0 amide bonds. The van der Waals surface area contributed by atoms with Crippen molar-refractivity contribution in [3.8, 4) is 0 Å². The molecule has 15 heavy (non-hydrogen) atoms. The number of carbonyl (C=O) groups excluding carboxylic acids is 1. The molecule has 0 spiro atoms. The summed E-state index contributed by atoms with van der Waals surface area (Å²) in [6, 6.07) is 0. The number of ether oxygens (including phenoxy) is 1. The molecule has 1 aliphatic rings. The number of aliphatic carboxylic acids is 1. The minimum absolute atomic E-state index is 0.0996. The number of Topliss-reactive ketones (excluding diaryl/α,β-unsaturated/α-hetero) is 1. The molecule has 1 fully saturated rings. The summed E-state index contributed by atoms with van der Waals surface area (Å²) in [6.07, 6.45) is -0.0173. The van der Waals surface area contributed by atoms with Crippen molar-refractivity contribution in [3.05, 3.63) is 0 Å². The van der Waals surface area contributed by atoms with Gasteiger partial charge in [0.1, 0.15) is 0 Å². The Balaban J connectivity index is 2.96. The molecule has 1 atom stereocenters. The molecule has 1 saturated heterocycles. The predicted octanol–water partition coefficient (Wildman–Crippen LogP) is 0.208. The van der Waals surface area contributed by atoms with Crippen molar-refractivity contribution >= 4 is 11.8 Å². The van der Waals surface area contributed by atoms with Gasteiger partial charge < -0.3 is 14.9 Å². The molecule has 86 valence electrons. The third-order valence-electron chi connectivity index (χ3n) is 2.50. The quantitative estimate of drug-likeness (QED) is 0.659. The van der Waals surface area contributed by atoms with E-state index in [1.165, 1.54) is 13.8 Å². The Kier molecular flexibility index (Phi) is 3.16. The van der Waals surface area contributed by atoms with Crippen molar-refractivity contribution in [2.75, 3.05) is 13.2 Å². The monoisotopic (exact) mass is 216 g/mol. The van der Waals surface area contributed by atoms with Crippen molar-refractivity contribution in [1.29, 1.82) is 0 Å². The highest BCUT2D eigenvalue weighted by Gasteiger charge is 2.50. The Morgan fingerprint density at radius 3 is 2.60 bits per heavy atom. The van der Waals surface area contributed by atoms with E-state index in [4.69, 9.17) is 9.84 Å². The van der Waals surface area contributed by atoms with E-state index in [2.05, 4.69) is 0 Å². The molecule has 0 bridgehead atoms. The van der Waals surface area contributed by atoms with Gasteiger partial charge in [0, 0.05) is 12.8 Å². The van der Waals surface area contributed by atoms with Crippen LogP contribution in [0.3, 0.4) is 0 Å². The number of carbonyl (C=O) groups is 2. The summed E-state index contributed by atoms with van der Waals surface area (Å²) in [6.45, 7) is 3.09. The predicted molar refractivity (Wildman–Crippen MR) is 51.4 cm³/mol. The lowest BCUT2D eigenvalue weighted by Gasteiger charge is -2.35. The van der Waals surface area contributed by atoms with E-state index in [9.17, 15) is 14.7 Å². The van der Waals surface area contributed by atoms with Crippen LogP contribution in [0.25, 0.3) is 0 Å². The fourth-order valence-corrected chi connectivity index (χ4v) is 1.88. The molecular weight excluding hydrogens is 200 g/mol. The number of ketones is 1. The number of hydrogen-bond donors (Lipinski definition) is 2. The standard InChI is InChI=1S/C10H16O5/c1-9(2,14)5-10(8(12)13)6-15-4-3-7(10)11/h14H,3-6H2,1-2H3,(H,12,13). The molecule has 5 nitrogen and oxygen atoms in total. The Labute approximate surface area is 88.0 Å². The fraction of sp³-hybridized carbons (Fsp3) is 0.800. The lowest BCUT2D eigenvalue weighted by molar-refractivity contribution is -0.169. The van der Waals surface area contributed by atoms with E-state index in [0.717, 1.165) is 0 Å². The zero-order valence-electron chi connectivity index (χ0n) is 8.95. The molecule has 1 heterocycles. The topological polar surface area (TPSA) is 83.8 Å². The molecule has 2 N–H and O–H groups in total. The first-order valence-corrected chi connectivity index (χ1v) is 4.85. The van der Waals surface area contributed by atoms with Crippen LogP contribution in [-0.2, 0) is 14.3 Å². The van der Waals surface area contributed by atoms with Crippen LogP contribution >= 0.6 is 0 Å². The Hall–Kier alpha value is -0.940. The summed E-state index contributed by atoms with van der Waals surface area (Å²) in [7, 11) is 0. The number of hydrogen-bond acceptors (Lipinski definition) is 4. The molecule has 0 radical (unpaired) electrons. The molecule has 0 aromatic rings. The SMILES string of the molecule is CC(C)(O)CC1(C(=O)O)COCCC1=O. The third kappa shape index (κ3) is 2.54. The van der Waals surface area contributed by atoms with E-state index < -0.39 is 17.0 Å². The Morgan fingerprint density at radius 2 is 2.20 bits per heavy atom. The maximum Gasteiger partial charge on any atom is 0.319 e. The molecule has 0 aliphatic carbocycles. The zero-order valence-corrected chi connectivity index (χ0v) is 8.95. The van der Waals surface area contributed by atoms with Crippen molar-refractivity contribution in [2.45, 2.75) is 32.3 Å². The zero-order chi connectivity index (χ0) is 11.7. The van der Waals surface area contributed by atoms with E-state index in [0.29, 0.717) is 0 Å². The average Bonchev–Trinajstić information content (AvgIpc) is 2.06. The smallest absolute Gasteiger partial charge is 0.319 e. The minimum atomic E-state index is -1.57. The first kappa shape index (κ1) is 12.1. The first-order valence-electron chi connectivity index (χ1n) is 4.85. The Morgan fingerprint density at radius 1 is 1.60 bits per heavy atom. The van der Waals surface area contributed by atoms with Gasteiger partial charge in [-0.15, -0.1) is 0 Å². The fourth-order valence-electron chi connectivity index (χ4n) is 1.88. The second kappa shape index (κ2) is 3.90. The van der Waals surface area contributed by atoms with E-state index in [1.54, 1.807) is 0 Å². The van der Waals surface area contributed by atoms with Gasteiger partial charge in [-0.25, -0.2) is 0 Å². The Bertz CT molecular complexity index is 278. The molecule has 1 unspecified atom stereocenters. The van der Waals surface area contributed by atoms with Crippen LogP contribution < -0.4 is 0 Å². The van der Waals surface area contributed by atoms with Gasteiger partial charge in [-0.3, -0.25) is 9.59 Å². The van der Waals surface area contributed by atoms with Gasteiger partial charge in [0.05, 0.1) is 18.8 Å². The van der Waals surface area contributed by atoms with E-state index in [1.807, 2.05) is 0 Å². The summed E-state index contributed by atoms with van der Waals surface area (Å²) in [5.74, 6) is -1.57. The highest BCUT2D eigenvalue weighted by Crippen LogP contribution is 2.34. The van der Waals surface area contributed by atoms with Crippen LogP contribution in [0, 0.1) is 5.41 Å². The summed E-state index contributed by atoms with van der Waals surface area (Å²) in [4.78, 5) is 22.8. The largest absolute Gasteiger partial charge is 0.480 e.